The Morgan fingerprint density at radius 2 is 1.58 bits per heavy atom. The number of hydrogen-bond acceptors (Lipinski definition) is 5. The minimum atomic E-state index is -0.671. The van der Waals surface area contributed by atoms with Crippen molar-refractivity contribution in [1.82, 2.24) is 15.3 Å². The van der Waals surface area contributed by atoms with E-state index in [0.717, 1.165) is 32.1 Å². The summed E-state index contributed by atoms with van der Waals surface area (Å²) in [6.45, 7) is 5.90. The molecule has 0 spiro atoms. The van der Waals surface area contributed by atoms with E-state index in [1.54, 1.807) is 29.7 Å². The molecular weight excluding hydrogens is 460 g/mol. The van der Waals surface area contributed by atoms with Crippen LogP contribution in [0.25, 0.3) is 0 Å². The summed E-state index contributed by atoms with van der Waals surface area (Å²) < 4.78 is 5.79. The van der Waals surface area contributed by atoms with Crippen LogP contribution in [0.5, 0.6) is 11.5 Å². The lowest BCUT2D eigenvalue weighted by molar-refractivity contribution is -0.139. The summed E-state index contributed by atoms with van der Waals surface area (Å²) in [5.41, 5.74) is 2.15. The van der Waals surface area contributed by atoms with E-state index in [2.05, 4.69) is 5.32 Å². The maximum Gasteiger partial charge on any atom is 0.322 e. The molecular formula is C27H38N4O5. The van der Waals surface area contributed by atoms with Crippen LogP contribution in [0.3, 0.4) is 0 Å². The smallest absolute Gasteiger partial charge is 0.322 e. The molecule has 0 aromatic heterocycles. The second-order valence-corrected chi connectivity index (χ2v) is 8.69. The molecule has 196 valence electrons. The van der Waals surface area contributed by atoms with Gasteiger partial charge in [0.25, 0.3) is 5.91 Å². The maximum absolute atomic E-state index is 13.2. The fraction of sp³-hybridized carbons (Fsp3) is 0.444. The zero-order valence-corrected chi connectivity index (χ0v) is 21.4. The molecule has 4 amide bonds. The zero-order chi connectivity index (χ0) is 26.3. The summed E-state index contributed by atoms with van der Waals surface area (Å²) in [6.07, 6.45) is 4.17. The van der Waals surface area contributed by atoms with Gasteiger partial charge in [0, 0.05) is 18.3 Å². The summed E-state index contributed by atoms with van der Waals surface area (Å²) >= 11 is 0. The van der Waals surface area contributed by atoms with E-state index in [4.69, 9.17) is 9.94 Å². The Kier molecular flexibility index (Phi) is 12.3. The van der Waals surface area contributed by atoms with Crippen molar-refractivity contribution in [2.75, 3.05) is 25.0 Å². The van der Waals surface area contributed by atoms with Crippen LogP contribution in [0.2, 0.25) is 0 Å². The zero-order valence-electron chi connectivity index (χ0n) is 21.4. The molecule has 0 saturated carbocycles. The number of carbonyl (C=O) groups excluding carboxylic acids is 3. The molecule has 2 rings (SSSR count). The fourth-order valence-electron chi connectivity index (χ4n) is 3.73. The molecule has 0 bridgehead atoms. The van der Waals surface area contributed by atoms with Crippen molar-refractivity contribution in [2.24, 2.45) is 0 Å². The lowest BCUT2D eigenvalue weighted by Gasteiger charge is -2.31. The quantitative estimate of drug-likeness (QED) is 0.192. The van der Waals surface area contributed by atoms with Gasteiger partial charge in [-0.25, -0.2) is 10.3 Å². The molecule has 2 aromatic rings. The molecule has 3 N–H and O–H groups in total. The van der Waals surface area contributed by atoms with Crippen molar-refractivity contribution in [2.45, 2.75) is 58.9 Å². The summed E-state index contributed by atoms with van der Waals surface area (Å²) in [4.78, 5) is 40.9. The lowest BCUT2D eigenvalue weighted by atomic mass is 10.1. The van der Waals surface area contributed by atoms with Gasteiger partial charge in [-0.2, -0.15) is 0 Å². The number of unbranched alkanes of at least 4 members (excludes halogenated alkanes) is 2. The number of carbonyl (C=O) groups is 3. The van der Waals surface area contributed by atoms with Gasteiger partial charge in [0.1, 0.15) is 24.6 Å². The first-order chi connectivity index (χ1) is 17.4. The van der Waals surface area contributed by atoms with Crippen molar-refractivity contribution >= 4 is 23.5 Å². The number of benzene rings is 2. The Balaban J connectivity index is 2.09. The Bertz CT molecular complexity index is 952. The van der Waals surface area contributed by atoms with Crippen LogP contribution in [-0.2, 0) is 9.59 Å². The molecule has 36 heavy (non-hydrogen) atoms. The van der Waals surface area contributed by atoms with Crippen LogP contribution in [-0.4, -0.2) is 58.5 Å². The van der Waals surface area contributed by atoms with Crippen molar-refractivity contribution in [3.05, 3.63) is 54.6 Å². The first-order valence-corrected chi connectivity index (χ1v) is 12.5. The van der Waals surface area contributed by atoms with Crippen LogP contribution < -0.4 is 15.5 Å². The number of anilines is 1. The first-order valence-electron chi connectivity index (χ1n) is 12.5. The number of hydroxylamine groups is 1. The number of amides is 4. The third kappa shape index (κ3) is 9.58. The van der Waals surface area contributed by atoms with E-state index >= 15 is 0 Å². The van der Waals surface area contributed by atoms with Crippen LogP contribution in [0.4, 0.5) is 10.5 Å². The Hall–Kier alpha value is -3.59. The van der Waals surface area contributed by atoms with Gasteiger partial charge < -0.3 is 19.9 Å². The predicted octanol–water partition coefficient (Wildman–Crippen LogP) is 5.03. The molecule has 0 saturated heterocycles. The van der Waals surface area contributed by atoms with Crippen molar-refractivity contribution in [3.63, 3.8) is 0 Å². The number of urea groups is 1. The molecule has 0 aliphatic heterocycles. The molecule has 0 heterocycles. The van der Waals surface area contributed by atoms with E-state index in [0.29, 0.717) is 23.7 Å². The van der Waals surface area contributed by atoms with E-state index in [1.165, 1.54) is 9.80 Å². The first kappa shape index (κ1) is 28.6. The van der Waals surface area contributed by atoms with Gasteiger partial charge in [-0.1, -0.05) is 51.3 Å². The molecule has 0 fully saturated rings. The highest BCUT2D eigenvalue weighted by Crippen LogP contribution is 2.23. The average molecular weight is 499 g/mol. The average Bonchev–Trinajstić information content (AvgIpc) is 2.88. The Labute approximate surface area is 213 Å². The maximum atomic E-state index is 13.2. The van der Waals surface area contributed by atoms with Gasteiger partial charge in [-0.05, 0) is 56.2 Å². The molecule has 2 aromatic carbocycles. The molecule has 1 unspecified atom stereocenters. The van der Waals surface area contributed by atoms with Crippen molar-refractivity contribution in [3.8, 4) is 11.5 Å². The second kappa shape index (κ2) is 15.4. The van der Waals surface area contributed by atoms with Crippen LogP contribution in [0.1, 0.15) is 52.9 Å². The highest BCUT2D eigenvalue weighted by atomic mass is 16.5. The highest BCUT2D eigenvalue weighted by molar-refractivity contribution is 5.93. The summed E-state index contributed by atoms with van der Waals surface area (Å²) in [6, 6.07) is 15.8. The number of nitrogens with zero attached hydrogens (tertiary/aromatic N) is 2. The molecule has 9 heteroatoms. The summed E-state index contributed by atoms with van der Waals surface area (Å²) in [7, 11) is 0. The fourth-order valence-corrected chi connectivity index (χ4v) is 3.73. The molecule has 0 aliphatic carbocycles. The second-order valence-electron chi connectivity index (χ2n) is 8.69. The van der Waals surface area contributed by atoms with Crippen molar-refractivity contribution < 1.29 is 24.3 Å². The number of nitrogens with one attached hydrogen (secondary N) is 2. The van der Waals surface area contributed by atoms with Crippen LogP contribution >= 0.6 is 0 Å². The third-order valence-electron chi connectivity index (χ3n) is 5.73. The molecule has 0 radical (unpaired) electrons. The van der Waals surface area contributed by atoms with Gasteiger partial charge in [0.05, 0.1) is 0 Å². The van der Waals surface area contributed by atoms with E-state index < -0.39 is 11.9 Å². The van der Waals surface area contributed by atoms with Gasteiger partial charge >= 0.3 is 6.03 Å². The molecule has 0 aliphatic rings. The third-order valence-corrected chi connectivity index (χ3v) is 5.73. The Morgan fingerprint density at radius 3 is 2.19 bits per heavy atom. The number of rotatable bonds is 14. The van der Waals surface area contributed by atoms with Crippen LogP contribution in [0.15, 0.2) is 54.6 Å². The topological polar surface area (TPSA) is 111 Å². The van der Waals surface area contributed by atoms with Crippen molar-refractivity contribution in [1.29, 1.82) is 0 Å². The van der Waals surface area contributed by atoms with Gasteiger partial charge in [0.2, 0.25) is 5.91 Å². The minimum absolute atomic E-state index is 0.174. The number of ether oxygens (including phenoxy) is 1. The SMILES string of the molecule is CCCCCN(CC(=O)NO)C(=O)CN(C(=O)Nc1ccc(Oc2ccccc2)cc1)C(C)CCC. The minimum Gasteiger partial charge on any atom is -0.457 e. The largest absolute Gasteiger partial charge is 0.457 e. The summed E-state index contributed by atoms with van der Waals surface area (Å²) in [5.74, 6) is 0.330. The number of para-hydroxylation sites is 1. The molecule has 9 nitrogen and oxygen atoms in total. The van der Waals surface area contributed by atoms with E-state index in [1.807, 2.05) is 51.1 Å². The monoisotopic (exact) mass is 498 g/mol. The highest BCUT2D eigenvalue weighted by Gasteiger charge is 2.26. The van der Waals surface area contributed by atoms with E-state index in [-0.39, 0.29) is 25.0 Å². The lowest BCUT2D eigenvalue weighted by Crippen LogP contribution is -2.50. The predicted molar refractivity (Wildman–Crippen MR) is 139 cm³/mol. The van der Waals surface area contributed by atoms with Gasteiger partial charge in [-0.15, -0.1) is 0 Å². The van der Waals surface area contributed by atoms with E-state index in [9.17, 15) is 14.4 Å². The summed E-state index contributed by atoms with van der Waals surface area (Å²) in [5, 5.41) is 11.8. The molecule has 1 atom stereocenters. The Morgan fingerprint density at radius 1 is 0.917 bits per heavy atom. The van der Waals surface area contributed by atoms with Gasteiger partial charge in [-0.3, -0.25) is 14.8 Å². The van der Waals surface area contributed by atoms with Crippen LogP contribution in [0, 0.1) is 0 Å². The number of hydrogen-bond donors (Lipinski definition) is 3. The van der Waals surface area contributed by atoms with Gasteiger partial charge in [0.15, 0.2) is 0 Å². The normalized spacial score (nSPS) is 11.3. The standard InChI is InChI=1S/C27H38N4O5/c1-4-6-10-18-30(19-25(32)29-35)26(33)20-31(21(3)11-5-2)27(34)28-22-14-16-24(17-15-22)36-23-12-8-7-9-13-23/h7-9,12-17,21,35H,4-6,10-11,18-20H2,1-3H3,(H,28,34)(H,29,32).